The molecular weight excluding hydrogens is 285 g/mol. The van der Waals surface area contributed by atoms with Crippen LogP contribution in [0.4, 0.5) is 5.69 Å². The highest BCUT2D eigenvalue weighted by Gasteiger charge is 2.07. The molecule has 5 heteroatoms. The largest absolute Gasteiger partial charge is 0.478 e. The minimum Gasteiger partial charge on any atom is -0.478 e. The molecule has 1 N–H and O–H groups in total. The number of aromatic carboxylic acids is 1. The number of halogens is 2. The second-order valence-corrected chi connectivity index (χ2v) is 4.51. The molecule has 0 saturated carbocycles. The van der Waals surface area contributed by atoms with Crippen LogP contribution in [-0.4, -0.2) is 17.3 Å². The average Bonchev–Trinajstić information content (AvgIpc) is 2.40. The molecule has 0 aliphatic carbocycles. The quantitative estimate of drug-likeness (QED) is 0.851. The smallest absolute Gasteiger partial charge is 0.336 e. The Morgan fingerprint density at radius 2 is 1.84 bits per heavy atom. The Labute approximate surface area is 120 Å². The van der Waals surface area contributed by atoms with E-state index in [1.54, 1.807) is 36.4 Å². The molecule has 0 heterocycles. The molecule has 0 amide bonds. The third kappa shape index (κ3) is 3.13. The normalized spacial score (nSPS) is 10.8. The van der Waals surface area contributed by atoms with Crippen LogP contribution in [0.15, 0.2) is 47.5 Å². The highest BCUT2D eigenvalue weighted by Crippen LogP contribution is 2.31. The Kier molecular flexibility index (Phi) is 4.20. The Bertz CT molecular complexity index is 654. The number of nitrogens with zero attached hydrogens (tertiary/aromatic N) is 1. The zero-order chi connectivity index (χ0) is 13.8. The van der Waals surface area contributed by atoms with Crippen LogP contribution >= 0.6 is 23.2 Å². The van der Waals surface area contributed by atoms with E-state index in [-0.39, 0.29) is 5.56 Å². The molecule has 19 heavy (non-hydrogen) atoms. The van der Waals surface area contributed by atoms with Crippen molar-refractivity contribution >= 4 is 41.1 Å². The number of hydrogen-bond acceptors (Lipinski definition) is 2. The fourth-order valence-electron chi connectivity index (χ4n) is 1.54. The summed E-state index contributed by atoms with van der Waals surface area (Å²) in [7, 11) is 0. The van der Waals surface area contributed by atoms with Gasteiger partial charge >= 0.3 is 5.97 Å². The number of carbonyl (C=O) groups is 1. The van der Waals surface area contributed by atoms with Crippen molar-refractivity contribution in [3.63, 3.8) is 0 Å². The maximum Gasteiger partial charge on any atom is 0.336 e. The van der Waals surface area contributed by atoms with Crippen LogP contribution in [0.5, 0.6) is 0 Å². The first kappa shape index (κ1) is 13.6. The fraction of sp³-hybridized carbons (Fsp3) is 0. The van der Waals surface area contributed by atoms with Crippen LogP contribution < -0.4 is 0 Å². The van der Waals surface area contributed by atoms with E-state index < -0.39 is 5.97 Å². The van der Waals surface area contributed by atoms with Gasteiger partial charge in [-0.1, -0.05) is 47.5 Å². The van der Waals surface area contributed by atoms with Gasteiger partial charge in [-0.2, -0.15) is 0 Å². The highest BCUT2D eigenvalue weighted by molar-refractivity contribution is 6.43. The van der Waals surface area contributed by atoms with Crippen LogP contribution in [0.2, 0.25) is 10.0 Å². The SMILES string of the molecule is O=C(O)c1ccccc1/C=N\c1cccc(Cl)c1Cl. The van der Waals surface area contributed by atoms with Gasteiger partial charge in [0.05, 0.1) is 21.3 Å². The molecule has 0 aliphatic heterocycles. The molecule has 0 aliphatic rings. The molecule has 2 aromatic carbocycles. The zero-order valence-corrected chi connectivity index (χ0v) is 11.2. The van der Waals surface area contributed by atoms with E-state index in [2.05, 4.69) is 4.99 Å². The van der Waals surface area contributed by atoms with Crippen molar-refractivity contribution in [2.45, 2.75) is 0 Å². The molecule has 0 saturated heterocycles. The summed E-state index contributed by atoms with van der Waals surface area (Å²) in [5, 5.41) is 9.80. The number of carboxylic acid groups (broad SMARTS) is 1. The van der Waals surface area contributed by atoms with Gasteiger partial charge in [-0.3, -0.25) is 4.99 Å². The monoisotopic (exact) mass is 293 g/mol. The fourth-order valence-corrected chi connectivity index (χ4v) is 1.88. The Hall–Kier alpha value is -1.84. The van der Waals surface area contributed by atoms with Crippen molar-refractivity contribution < 1.29 is 9.90 Å². The number of benzene rings is 2. The number of hydrogen-bond donors (Lipinski definition) is 1. The van der Waals surface area contributed by atoms with E-state index >= 15 is 0 Å². The Balaban J connectivity index is 2.38. The van der Waals surface area contributed by atoms with E-state index in [1.807, 2.05) is 0 Å². The summed E-state index contributed by atoms with van der Waals surface area (Å²) >= 11 is 11.9. The topological polar surface area (TPSA) is 49.7 Å². The Morgan fingerprint density at radius 3 is 2.58 bits per heavy atom. The summed E-state index contributed by atoms with van der Waals surface area (Å²) < 4.78 is 0. The molecule has 0 unspecified atom stereocenters. The molecule has 96 valence electrons. The van der Waals surface area contributed by atoms with Crippen LogP contribution in [-0.2, 0) is 0 Å². The molecule has 0 bridgehead atoms. The van der Waals surface area contributed by atoms with E-state index in [0.717, 1.165) is 0 Å². The molecule has 3 nitrogen and oxygen atoms in total. The minimum atomic E-state index is -1.00. The van der Waals surface area contributed by atoms with Gasteiger partial charge in [0.2, 0.25) is 0 Å². The van der Waals surface area contributed by atoms with Gasteiger partial charge in [-0.05, 0) is 18.2 Å². The van der Waals surface area contributed by atoms with E-state index in [9.17, 15) is 4.79 Å². The second kappa shape index (κ2) is 5.87. The van der Waals surface area contributed by atoms with E-state index in [1.165, 1.54) is 12.3 Å². The summed E-state index contributed by atoms with van der Waals surface area (Å²) in [6, 6.07) is 11.7. The predicted molar refractivity (Wildman–Crippen MR) is 77.1 cm³/mol. The molecule has 0 atom stereocenters. The molecular formula is C14H9Cl2NO2. The first-order chi connectivity index (χ1) is 9.09. The lowest BCUT2D eigenvalue weighted by atomic mass is 10.1. The molecule has 0 aromatic heterocycles. The predicted octanol–water partition coefficient (Wildman–Crippen LogP) is 4.44. The van der Waals surface area contributed by atoms with Crippen molar-refractivity contribution in [1.82, 2.24) is 0 Å². The van der Waals surface area contributed by atoms with Crippen LogP contribution in [0.25, 0.3) is 0 Å². The standard InChI is InChI=1S/C14H9Cl2NO2/c15-11-6-3-7-12(13(11)16)17-8-9-4-1-2-5-10(9)14(18)19/h1-8H,(H,18,19)/b17-8-. The van der Waals surface area contributed by atoms with Crippen LogP contribution in [0.1, 0.15) is 15.9 Å². The van der Waals surface area contributed by atoms with Gasteiger partial charge in [0.25, 0.3) is 0 Å². The molecule has 0 spiro atoms. The van der Waals surface area contributed by atoms with Gasteiger partial charge in [0.1, 0.15) is 0 Å². The zero-order valence-electron chi connectivity index (χ0n) is 9.68. The first-order valence-electron chi connectivity index (χ1n) is 5.40. The van der Waals surface area contributed by atoms with Crippen LogP contribution in [0, 0.1) is 0 Å². The molecule has 0 fully saturated rings. The van der Waals surface area contributed by atoms with Crippen LogP contribution in [0.3, 0.4) is 0 Å². The second-order valence-electron chi connectivity index (χ2n) is 3.72. The van der Waals surface area contributed by atoms with Gasteiger partial charge < -0.3 is 5.11 Å². The van der Waals surface area contributed by atoms with Crippen molar-refractivity contribution in [2.24, 2.45) is 4.99 Å². The van der Waals surface area contributed by atoms with Crippen molar-refractivity contribution in [3.05, 3.63) is 63.6 Å². The minimum absolute atomic E-state index is 0.185. The number of rotatable bonds is 3. The van der Waals surface area contributed by atoms with Crippen molar-refractivity contribution in [1.29, 1.82) is 0 Å². The van der Waals surface area contributed by atoms with Gasteiger partial charge in [0.15, 0.2) is 0 Å². The van der Waals surface area contributed by atoms with Gasteiger partial charge in [-0.15, -0.1) is 0 Å². The number of aliphatic imine (C=N–C) groups is 1. The first-order valence-corrected chi connectivity index (χ1v) is 6.15. The van der Waals surface area contributed by atoms with Crippen molar-refractivity contribution in [2.75, 3.05) is 0 Å². The third-order valence-electron chi connectivity index (χ3n) is 2.47. The average molecular weight is 294 g/mol. The summed E-state index contributed by atoms with van der Waals surface area (Å²) in [5.74, 6) is -1.00. The molecule has 2 rings (SSSR count). The lowest BCUT2D eigenvalue weighted by Gasteiger charge is -2.01. The lowest BCUT2D eigenvalue weighted by molar-refractivity contribution is 0.0697. The van der Waals surface area contributed by atoms with Gasteiger partial charge in [-0.25, -0.2) is 4.79 Å². The summed E-state index contributed by atoms with van der Waals surface area (Å²) in [6.45, 7) is 0. The highest BCUT2D eigenvalue weighted by atomic mass is 35.5. The third-order valence-corrected chi connectivity index (χ3v) is 3.27. The Morgan fingerprint density at radius 1 is 1.11 bits per heavy atom. The summed E-state index contributed by atoms with van der Waals surface area (Å²) in [6.07, 6.45) is 1.46. The maximum absolute atomic E-state index is 11.0. The summed E-state index contributed by atoms with van der Waals surface area (Å²) in [5.41, 5.74) is 1.19. The number of carboxylic acids is 1. The van der Waals surface area contributed by atoms with Crippen molar-refractivity contribution in [3.8, 4) is 0 Å². The molecule has 2 aromatic rings. The lowest BCUT2D eigenvalue weighted by Crippen LogP contribution is -2.01. The van der Waals surface area contributed by atoms with E-state index in [0.29, 0.717) is 21.3 Å². The molecule has 0 radical (unpaired) electrons. The van der Waals surface area contributed by atoms with Gasteiger partial charge in [0, 0.05) is 11.8 Å². The maximum atomic E-state index is 11.0. The van der Waals surface area contributed by atoms with E-state index in [4.69, 9.17) is 28.3 Å². The summed E-state index contributed by atoms with van der Waals surface area (Å²) in [4.78, 5) is 15.2.